The minimum atomic E-state index is 0.00764. The van der Waals surface area contributed by atoms with Crippen LogP contribution < -0.4 is 10.5 Å². The maximum absolute atomic E-state index is 6.17. The Morgan fingerprint density at radius 1 is 1.03 bits per heavy atom. The summed E-state index contributed by atoms with van der Waals surface area (Å²) in [4.78, 5) is 13.4. The highest BCUT2D eigenvalue weighted by molar-refractivity contribution is 5.80. The summed E-state index contributed by atoms with van der Waals surface area (Å²) in [6.07, 6.45) is 8.78. The number of aromatic nitrogens is 4. The van der Waals surface area contributed by atoms with Crippen molar-refractivity contribution in [1.82, 2.24) is 19.7 Å². The average Bonchev–Trinajstić information content (AvgIpc) is 3.33. The van der Waals surface area contributed by atoms with E-state index in [4.69, 9.17) is 10.5 Å². The fourth-order valence-electron chi connectivity index (χ4n) is 3.92. The van der Waals surface area contributed by atoms with Crippen LogP contribution in [0.15, 0.2) is 72.0 Å². The molecule has 1 aliphatic carbocycles. The molecule has 0 aliphatic heterocycles. The molecule has 0 spiro atoms. The van der Waals surface area contributed by atoms with E-state index in [0.29, 0.717) is 5.82 Å². The number of hydrogen-bond donors (Lipinski definition) is 1. The number of para-hydroxylation sites is 1. The van der Waals surface area contributed by atoms with Crippen LogP contribution in [-0.2, 0) is 12.6 Å². The van der Waals surface area contributed by atoms with Crippen molar-refractivity contribution >= 4 is 11.9 Å². The second-order valence-corrected chi connectivity index (χ2v) is 8.88. The summed E-state index contributed by atoms with van der Waals surface area (Å²) in [5, 5.41) is 4.10. The molecule has 2 aromatic carbocycles. The molecule has 37 heavy (non-hydrogen) atoms. The first-order valence-corrected chi connectivity index (χ1v) is 12.7. The zero-order valence-corrected chi connectivity index (χ0v) is 22.8. The van der Waals surface area contributed by atoms with Gasteiger partial charge in [-0.05, 0) is 56.9 Å². The molecule has 2 N–H and O–H groups in total. The summed E-state index contributed by atoms with van der Waals surface area (Å²) < 4.78 is 7.11. The number of aryl methyl sites for hydroxylation is 3. The lowest BCUT2D eigenvalue weighted by Gasteiger charge is -2.38. The normalized spacial score (nSPS) is 13.6. The smallest absolute Gasteiger partial charge is 0.163 e. The first kappa shape index (κ1) is 27.7. The molecule has 2 heterocycles. The molecule has 194 valence electrons. The third-order valence-corrected chi connectivity index (χ3v) is 6.37. The van der Waals surface area contributed by atoms with E-state index in [9.17, 15) is 0 Å². The van der Waals surface area contributed by atoms with Crippen LogP contribution >= 0.6 is 0 Å². The quantitative estimate of drug-likeness (QED) is 0.326. The molecule has 0 saturated heterocycles. The van der Waals surface area contributed by atoms with Gasteiger partial charge in [0.25, 0.3) is 0 Å². The standard InChI is InChI=1S/C17H17N5O.C11H15N.C2H6/c1-12-15(18-10-13-8-9-20-22(13)2)11-19-17(21-12)14-6-4-5-7-16(14)23-3;1-9-3-5-10(6-4-9)11(12)7-2-8-11;1-2/h4-11H,1-3H3;3-6H,2,7-8,12H2,1H3;1-2H3. The molecule has 4 aromatic rings. The van der Waals surface area contributed by atoms with Gasteiger partial charge >= 0.3 is 0 Å². The third-order valence-electron chi connectivity index (χ3n) is 6.37. The average molecular weight is 499 g/mol. The number of hydrogen-bond acceptors (Lipinski definition) is 6. The van der Waals surface area contributed by atoms with Crippen molar-refractivity contribution < 1.29 is 4.74 Å². The predicted octanol–water partition coefficient (Wildman–Crippen LogP) is 6.30. The Hall–Kier alpha value is -3.84. The highest BCUT2D eigenvalue weighted by atomic mass is 16.5. The Morgan fingerprint density at radius 3 is 2.30 bits per heavy atom. The van der Waals surface area contributed by atoms with Gasteiger partial charge in [-0.25, -0.2) is 9.97 Å². The summed E-state index contributed by atoms with van der Waals surface area (Å²) in [6.45, 7) is 8.02. The predicted molar refractivity (Wildman–Crippen MR) is 151 cm³/mol. The lowest BCUT2D eigenvalue weighted by atomic mass is 9.73. The van der Waals surface area contributed by atoms with Crippen molar-refractivity contribution in [2.45, 2.75) is 52.5 Å². The Bertz CT molecular complexity index is 1310. The van der Waals surface area contributed by atoms with E-state index in [0.717, 1.165) is 41.2 Å². The van der Waals surface area contributed by atoms with Gasteiger partial charge < -0.3 is 10.5 Å². The molecule has 1 saturated carbocycles. The highest BCUT2D eigenvalue weighted by Crippen LogP contribution is 2.38. The van der Waals surface area contributed by atoms with Crippen LogP contribution in [0.5, 0.6) is 5.75 Å². The third kappa shape index (κ3) is 6.89. The maximum atomic E-state index is 6.17. The minimum Gasteiger partial charge on any atom is -0.496 e. The molecule has 2 aromatic heterocycles. The zero-order valence-electron chi connectivity index (χ0n) is 22.8. The van der Waals surface area contributed by atoms with Crippen LogP contribution in [0.2, 0.25) is 0 Å². The van der Waals surface area contributed by atoms with E-state index in [1.54, 1.807) is 30.4 Å². The van der Waals surface area contributed by atoms with Crippen LogP contribution in [0.25, 0.3) is 11.4 Å². The first-order valence-electron chi connectivity index (χ1n) is 12.7. The van der Waals surface area contributed by atoms with Gasteiger partial charge in [0.15, 0.2) is 5.82 Å². The summed E-state index contributed by atoms with van der Waals surface area (Å²) >= 11 is 0. The summed E-state index contributed by atoms with van der Waals surface area (Å²) in [6, 6.07) is 18.2. The molecule has 5 rings (SSSR count). The lowest BCUT2D eigenvalue weighted by molar-refractivity contribution is 0.253. The highest BCUT2D eigenvalue weighted by Gasteiger charge is 2.33. The molecule has 1 aliphatic rings. The monoisotopic (exact) mass is 498 g/mol. The molecule has 7 nitrogen and oxygen atoms in total. The molecule has 0 bridgehead atoms. The molecule has 1 fully saturated rings. The van der Waals surface area contributed by atoms with Gasteiger partial charge in [-0.15, -0.1) is 0 Å². The molecule has 0 radical (unpaired) electrons. The molecule has 0 atom stereocenters. The van der Waals surface area contributed by atoms with E-state index in [1.807, 2.05) is 58.2 Å². The molecule has 0 amide bonds. The Balaban J connectivity index is 0.000000228. The number of ether oxygens (including phenoxy) is 1. The van der Waals surface area contributed by atoms with E-state index >= 15 is 0 Å². The molecular formula is C30H38N6O. The van der Waals surface area contributed by atoms with E-state index < -0.39 is 0 Å². The first-order chi connectivity index (χ1) is 17.9. The van der Waals surface area contributed by atoms with Crippen LogP contribution in [0.3, 0.4) is 0 Å². The molecule has 7 heteroatoms. The molecule has 0 unspecified atom stereocenters. The van der Waals surface area contributed by atoms with E-state index in [1.165, 1.54) is 17.5 Å². The van der Waals surface area contributed by atoms with Crippen molar-refractivity contribution in [1.29, 1.82) is 0 Å². The number of nitrogens with two attached hydrogens (primary N) is 1. The van der Waals surface area contributed by atoms with E-state index in [-0.39, 0.29) is 5.54 Å². The van der Waals surface area contributed by atoms with Gasteiger partial charge in [0.1, 0.15) is 11.4 Å². The van der Waals surface area contributed by atoms with Crippen molar-refractivity contribution in [3.05, 3.63) is 89.5 Å². The Morgan fingerprint density at radius 2 is 1.73 bits per heavy atom. The van der Waals surface area contributed by atoms with Crippen molar-refractivity contribution in [2.75, 3.05) is 7.11 Å². The number of methoxy groups -OCH3 is 1. The largest absolute Gasteiger partial charge is 0.496 e. The SMILES string of the molecule is CC.COc1ccccc1-c1ncc(N=Cc2ccnn2C)c(C)n1.Cc1ccc(C2(N)CCC2)cc1. The maximum Gasteiger partial charge on any atom is 0.163 e. The number of nitrogens with zero attached hydrogens (tertiary/aromatic N) is 5. The van der Waals surface area contributed by atoms with Gasteiger partial charge in [-0.2, -0.15) is 5.10 Å². The van der Waals surface area contributed by atoms with E-state index in [2.05, 4.69) is 51.2 Å². The van der Waals surface area contributed by atoms with Gasteiger partial charge in [-0.1, -0.05) is 55.8 Å². The van der Waals surface area contributed by atoms with Crippen molar-refractivity contribution in [3.63, 3.8) is 0 Å². The van der Waals surface area contributed by atoms with Crippen molar-refractivity contribution in [2.24, 2.45) is 17.8 Å². The van der Waals surface area contributed by atoms with Crippen LogP contribution in [0.1, 0.15) is 55.6 Å². The van der Waals surface area contributed by atoms with Crippen LogP contribution in [0, 0.1) is 13.8 Å². The summed E-state index contributed by atoms with van der Waals surface area (Å²) in [5.74, 6) is 1.37. The van der Waals surface area contributed by atoms with Gasteiger partial charge in [0.2, 0.25) is 0 Å². The van der Waals surface area contributed by atoms with Gasteiger partial charge in [-0.3, -0.25) is 9.67 Å². The van der Waals surface area contributed by atoms with Crippen molar-refractivity contribution in [3.8, 4) is 17.1 Å². The number of aliphatic imine (C=N–C) groups is 1. The van der Waals surface area contributed by atoms with Gasteiger partial charge in [0, 0.05) is 18.8 Å². The second kappa shape index (κ2) is 12.9. The lowest BCUT2D eigenvalue weighted by Crippen LogP contribution is -2.43. The van der Waals surface area contributed by atoms with Gasteiger partial charge in [0.05, 0.1) is 36.5 Å². The fourth-order valence-corrected chi connectivity index (χ4v) is 3.92. The summed E-state index contributed by atoms with van der Waals surface area (Å²) in [7, 11) is 3.51. The Labute approximate surface area is 220 Å². The van der Waals surface area contributed by atoms with Crippen LogP contribution in [0.4, 0.5) is 5.69 Å². The minimum absolute atomic E-state index is 0.00764. The topological polar surface area (TPSA) is 91.2 Å². The molecular weight excluding hydrogens is 460 g/mol. The number of rotatable bonds is 5. The number of benzene rings is 2. The second-order valence-electron chi connectivity index (χ2n) is 8.88. The zero-order chi connectivity index (χ0) is 26.8. The summed E-state index contributed by atoms with van der Waals surface area (Å²) in [5.41, 5.74) is 12.1. The fraction of sp³-hybridized carbons (Fsp3) is 0.333. The van der Waals surface area contributed by atoms with Crippen LogP contribution in [-0.4, -0.2) is 33.1 Å². The Kier molecular flexibility index (Phi) is 9.69.